The monoisotopic (exact) mass is 342 g/mol. The van der Waals surface area contributed by atoms with Gasteiger partial charge in [0.05, 0.1) is 16.7 Å². The molecule has 1 aliphatic carbocycles. The third kappa shape index (κ3) is 2.74. The Balaban J connectivity index is 1.46. The van der Waals surface area contributed by atoms with Crippen molar-refractivity contribution in [3.05, 3.63) is 34.9 Å². The number of rotatable bonds is 4. The van der Waals surface area contributed by atoms with Crippen LogP contribution in [0.2, 0.25) is 0 Å². The second kappa shape index (κ2) is 6.26. The van der Waals surface area contributed by atoms with Gasteiger partial charge in [0.1, 0.15) is 0 Å². The first-order valence-electron chi connectivity index (χ1n) is 9.03. The van der Waals surface area contributed by atoms with Crippen molar-refractivity contribution in [3.63, 3.8) is 0 Å². The van der Waals surface area contributed by atoms with Gasteiger partial charge in [-0.1, -0.05) is 12.8 Å². The summed E-state index contributed by atoms with van der Waals surface area (Å²) in [4.78, 5) is 37.5. The molecule has 1 saturated carbocycles. The van der Waals surface area contributed by atoms with E-state index in [9.17, 15) is 14.4 Å². The van der Waals surface area contributed by atoms with E-state index in [-0.39, 0.29) is 22.9 Å². The van der Waals surface area contributed by atoms with Gasteiger partial charge in [0.25, 0.3) is 11.8 Å². The van der Waals surface area contributed by atoms with Gasteiger partial charge >= 0.3 is 5.97 Å². The van der Waals surface area contributed by atoms with Crippen LogP contribution in [0.15, 0.2) is 18.2 Å². The molecule has 25 heavy (non-hydrogen) atoms. The third-order valence-corrected chi connectivity index (χ3v) is 6.01. The lowest BCUT2D eigenvalue weighted by Crippen LogP contribution is -2.33. The lowest BCUT2D eigenvalue weighted by molar-refractivity contribution is 0.0640. The van der Waals surface area contributed by atoms with Crippen LogP contribution in [0.3, 0.4) is 0 Å². The van der Waals surface area contributed by atoms with E-state index in [0.29, 0.717) is 30.0 Å². The highest BCUT2D eigenvalue weighted by molar-refractivity contribution is 6.21. The fraction of sp³-hybridized carbons (Fsp3) is 0.526. The first kappa shape index (κ1) is 16.3. The number of imide groups is 1. The molecule has 0 spiro atoms. The van der Waals surface area contributed by atoms with Crippen LogP contribution in [0, 0.1) is 11.8 Å². The van der Waals surface area contributed by atoms with E-state index in [1.54, 1.807) is 0 Å². The van der Waals surface area contributed by atoms with Crippen LogP contribution in [-0.4, -0.2) is 46.9 Å². The van der Waals surface area contributed by atoms with E-state index < -0.39 is 5.97 Å². The number of nitrogens with zero attached hydrogens (tertiary/aromatic N) is 1. The largest absolute Gasteiger partial charge is 0.478 e. The number of carbonyl (C=O) groups is 3. The van der Waals surface area contributed by atoms with Crippen molar-refractivity contribution in [2.45, 2.75) is 38.1 Å². The van der Waals surface area contributed by atoms with Gasteiger partial charge in [0.2, 0.25) is 0 Å². The second-order valence-corrected chi connectivity index (χ2v) is 7.34. The molecule has 6 nitrogen and oxygen atoms in total. The molecular weight excluding hydrogens is 320 g/mol. The molecule has 3 unspecified atom stereocenters. The zero-order chi connectivity index (χ0) is 17.6. The molecular formula is C19H22N2O4. The van der Waals surface area contributed by atoms with Crippen molar-refractivity contribution >= 4 is 17.8 Å². The zero-order valence-corrected chi connectivity index (χ0v) is 14.0. The SMILES string of the molecule is O=C(O)c1ccc2c(c1)C(=O)N(CCC1CNC3CCCCC13)C2=O. The molecule has 6 heteroatoms. The molecule has 0 bridgehead atoms. The van der Waals surface area contributed by atoms with Crippen molar-refractivity contribution in [2.75, 3.05) is 13.1 Å². The van der Waals surface area contributed by atoms with Crippen LogP contribution in [0.4, 0.5) is 0 Å². The van der Waals surface area contributed by atoms with E-state index >= 15 is 0 Å². The third-order valence-electron chi connectivity index (χ3n) is 6.01. The smallest absolute Gasteiger partial charge is 0.335 e. The molecule has 0 aromatic heterocycles. The average molecular weight is 342 g/mol. The number of carboxylic acid groups (broad SMARTS) is 1. The van der Waals surface area contributed by atoms with Gasteiger partial charge in [0, 0.05) is 12.6 Å². The molecule has 2 N–H and O–H groups in total. The summed E-state index contributed by atoms with van der Waals surface area (Å²) >= 11 is 0. The standard InChI is InChI=1S/C19H22N2O4/c22-17-14-6-5-11(19(24)25)9-15(14)18(23)21(17)8-7-12-10-20-16-4-2-1-3-13(12)16/h5-6,9,12-13,16,20H,1-4,7-8,10H2,(H,24,25). The number of aromatic carboxylic acids is 1. The van der Waals surface area contributed by atoms with Crippen LogP contribution in [0.25, 0.3) is 0 Å². The molecule has 2 heterocycles. The number of hydrogen-bond acceptors (Lipinski definition) is 4. The van der Waals surface area contributed by atoms with E-state index in [2.05, 4.69) is 5.32 Å². The van der Waals surface area contributed by atoms with Crippen molar-refractivity contribution < 1.29 is 19.5 Å². The number of hydrogen-bond donors (Lipinski definition) is 2. The summed E-state index contributed by atoms with van der Waals surface area (Å²) in [7, 11) is 0. The molecule has 2 amide bonds. The summed E-state index contributed by atoms with van der Waals surface area (Å²) in [5.74, 6) is -0.606. The first-order valence-corrected chi connectivity index (χ1v) is 9.03. The Kier molecular flexibility index (Phi) is 4.07. The van der Waals surface area contributed by atoms with Crippen LogP contribution < -0.4 is 5.32 Å². The summed E-state index contributed by atoms with van der Waals surface area (Å²) in [5, 5.41) is 12.7. The lowest BCUT2D eigenvalue weighted by atomic mass is 9.79. The lowest BCUT2D eigenvalue weighted by Gasteiger charge is -2.29. The summed E-state index contributed by atoms with van der Waals surface area (Å²) in [5.41, 5.74) is 0.562. The van der Waals surface area contributed by atoms with Gasteiger partial charge in [0.15, 0.2) is 0 Å². The minimum absolute atomic E-state index is 0.0341. The highest BCUT2D eigenvalue weighted by Gasteiger charge is 2.40. The minimum Gasteiger partial charge on any atom is -0.478 e. The second-order valence-electron chi connectivity index (χ2n) is 7.34. The number of fused-ring (bicyclic) bond motifs is 2. The Hall–Kier alpha value is -2.21. The predicted octanol–water partition coefficient (Wildman–Crippen LogP) is 2.15. The summed E-state index contributed by atoms with van der Waals surface area (Å²) < 4.78 is 0. The van der Waals surface area contributed by atoms with Crippen LogP contribution in [0.5, 0.6) is 0 Å². The van der Waals surface area contributed by atoms with Crippen molar-refractivity contribution in [1.29, 1.82) is 0 Å². The Morgan fingerprint density at radius 2 is 1.92 bits per heavy atom. The Morgan fingerprint density at radius 3 is 2.72 bits per heavy atom. The van der Waals surface area contributed by atoms with Gasteiger partial charge in [-0.25, -0.2) is 4.79 Å². The first-order chi connectivity index (χ1) is 12.1. The van der Waals surface area contributed by atoms with Gasteiger partial charge in [-0.3, -0.25) is 14.5 Å². The molecule has 0 radical (unpaired) electrons. The minimum atomic E-state index is -1.10. The summed E-state index contributed by atoms with van der Waals surface area (Å²) in [6.45, 7) is 1.37. The molecule has 2 aliphatic heterocycles. The van der Waals surface area contributed by atoms with E-state index in [1.165, 1.54) is 48.8 Å². The molecule has 3 aliphatic rings. The molecule has 1 aromatic carbocycles. The topological polar surface area (TPSA) is 86.7 Å². The number of carbonyl (C=O) groups excluding carboxylic acids is 2. The number of nitrogens with one attached hydrogen (secondary N) is 1. The Labute approximate surface area is 146 Å². The summed E-state index contributed by atoms with van der Waals surface area (Å²) in [6, 6.07) is 4.74. The molecule has 1 saturated heterocycles. The fourth-order valence-electron chi connectivity index (χ4n) is 4.67. The van der Waals surface area contributed by atoms with Crippen molar-refractivity contribution in [3.8, 4) is 0 Å². The van der Waals surface area contributed by atoms with Gasteiger partial charge in [-0.15, -0.1) is 0 Å². The maximum absolute atomic E-state index is 12.6. The predicted molar refractivity (Wildman–Crippen MR) is 90.6 cm³/mol. The average Bonchev–Trinajstić information content (AvgIpc) is 3.13. The highest BCUT2D eigenvalue weighted by atomic mass is 16.4. The Morgan fingerprint density at radius 1 is 1.16 bits per heavy atom. The maximum atomic E-state index is 12.6. The van der Waals surface area contributed by atoms with Crippen molar-refractivity contribution in [1.82, 2.24) is 10.2 Å². The van der Waals surface area contributed by atoms with Crippen LogP contribution in [-0.2, 0) is 0 Å². The molecule has 2 fully saturated rings. The molecule has 4 rings (SSSR count). The number of amides is 2. The maximum Gasteiger partial charge on any atom is 0.335 e. The van der Waals surface area contributed by atoms with E-state index in [4.69, 9.17) is 5.11 Å². The number of benzene rings is 1. The normalized spacial score (nSPS) is 28.2. The molecule has 132 valence electrons. The van der Waals surface area contributed by atoms with E-state index in [0.717, 1.165) is 13.0 Å². The number of carboxylic acids is 1. The van der Waals surface area contributed by atoms with Gasteiger partial charge in [-0.2, -0.15) is 0 Å². The van der Waals surface area contributed by atoms with Gasteiger partial charge < -0.3 is 10.4 Å². The van der Waals surface area contributed by atoms with E-state index in [1.807, 2.05) is 0 Å². The van der Waals surface area contributed by atoms with Crippen LogP contribution >= 0.6 is 0 Å². The summed E-state index contributed by atoms with van der Waals surface area (Å²) in [6.07, 6.45) is 5.82. The highest BCUT2D eigenvalue weighted by Crippen LogP contribution is 2.36. The van der Waals surface area contributed by atoms with Gasteiger partial charge in [-0.05, 0) is 55.8 Å². The Bertz CT molecular complexity index is 745. The van der Waals surface area contributed by atoms with Crippen molar-refractivity contribution in [2.24, 2.45) is 11.8 Å². The molecule has 1 aromatic rings. The quantitative estimate of drug-likeness (QED) is 0.819. The fourth-order valence-corrected chi connectivity index (χ4v) is 4.67. The molecule has 3 atom stereocenters. The van der Waals surface area contributed by atoms with Crippen LogP contribution in [0.1, 0.15) is 63.2 Å². The zero-order valence-electron chi connectivity index (χ0n) is 14.0.